The van der Waals surface area contributed by atoms with Crippen LogP contribution in [-0.2, 0) is 6.42 Å². The molecule has 0 aliphatic rings. The quantitative estimate of drug-likeness (QED) is 0.515. The Labute approximate surface area is 84.9 Å². The first kappa shape index (κ1) is 11.0. The Bertz CT molecular complexity index is 242. The summed E-state index contributed by atoms with van der Waals surface area (Å²) in [6.45, 7) is 0.306. The SMILES string of the molecule is OCCCC/C=C/CCc1ncc[nH]1. The Morgan fingerprint density at radius 2 is 2.14 bits per heavy atom. The molecule has 0 aliphatic heterocycles. The van der Waals surface area contributed by atoms with Crippen molar-refractivity contribution >= 4 is 0 Å². The molecule has 0 aromatic carbocycles. The van der Waals surface area contributed by atoms with Crippen LogP contribution < -0.4 is 0 Å². The molecule has 78 valence electrons. The van der Waals surface area contributed by atoms with E-state index in [9.17, 15) is 0 Å². The molecule has 3 nitrogen and oxygen atoms in total. The zero-order valence-electron chi connectivity index (χ0n) is 8.45. The highest BCUT2D eigenvalue weighted by Crippen LogP contribution is 1.99. The molecule has 0 bridgehead atoms. The van der Waals surface area contributed by atoms with Crippen molar-refractivity contribution in [3.63, 3.8) is 0 Å². The summed E-state index contributed by atoms with van der Waals surface area (Å²) >= 11 is 0. The van der Waals surface area contributed by atoms with Gasteiger partial charge in [-0.05, 0) is 25.7 Å². The van der Waals surface area contributed by atoms with Gasteiger partial charge in [0, 0.05) is 25.4 Å². The summed E-state index contributed by atoms with van der Waals surface area (Å²) in [5, 5.41) is 8.56. The Hall–Kier alpha value is -1.09. The van der Waals surface area contributed by atoms with Crippen molar-refractivity contribution in [3.8, 4) is 0 Å². The molecule has 1 aromatic rings. The first-order chi connectivity index (χ1) is 6.93. The summed E-state index contributed by atoms with van der Waals surface area (Å²) in [5.74, 6) is 1.05. The molecular formula is C11H18N2O. The molecule has 1 rings (SSSR count). The number of aromatic nitrogens is 2. The van der Waals surface area contributed by atoms with Crippen LogP contribution in [0.4, 0.5) is 0 Å². The number of imidazole rings is 1. The van der Waals surface area contributed by atoms with E-state index in [0.717, 1.165) is 37.9 Å². The molecule has 0 unspecified atom stereocenters. The summed E-state index contributed by atoms with van der Waals surface area (Å²) in [7, 11) is 0. The zero-order chi connectivity index (χ0) is 10.1. The molecule has 0 spiro atoms. The number of aliphatic hydroxyl groups excluding tert-OH is 1. The van der Waals surface area contributed by atoms with Crippen LogP contribution in [0.5, 0.6) is 0 Å². The minimum absolute atomic E-state index is 0.306. The van der Waals surface area contributed by atoms with E-state index < -0.39 is 0 Å². The van der Waals surface area contributed by atoms with E-state index in [2.05, 4.69) is 22.1 Å². The van der Waals surface area contributed by atoms with Crippen LogP contribution in [0.25, 0.3) is 0 Å². The molecule has 3 heteroatoms. The lowest BCUT2D eigenvalue weighted by molar-refractivity contribution is 0.285. The maximum atomic E-state index is 8.56. The van der Waals surface area contributed by atoms with Gasteiger partial charge in [0.1, 0.15) is 5.82 Å². The number of nitrogens with zero attached hydrogens (tertiary/aromatic N) is 1. The van der Waals surface area contributed by atoms with E-state index in [1.54, 1.807) is 6.20 Å². The predicted molar refractivity (Wildman–Crippen MR) is 57.0 cm³/mol. The number of aryl methyl sites for hydroxylation is 1. The Balaban J connectivity index is 1.98. The van der Waals surface area contributed by atoms with Crippen LogP contribution in [0.3, 0.4) is 0 Å². The Morgan fingerprint density at radius 3 is 2.86 bits per heavy atom. The molecule has 0 saturated heterocycles. The number of aromatic amines is 1. The fourth-order valence-electron chi connectivity index (χ4n) is 1.26. The molecule has 1 heterocycles. The average molecular weight is 194 g/mol. The topological polar surface area (TPSA) is 48.9 Å². The minimum Gasteiger partial charge on any atom is -0.396 e. The maximum Gasteiger partial charge on any atom is 0.106 e. The van der Waals surface area contributed by atoms with Crippen LogP contribution in [0.1, 0.15) is 31.5 Å². The minimum atomic E-state index is 0.306. The van der Waals surface area contributed by atoms with Gasteiger partial charge in [-0.3, -0.25) is 0 Å². The highest BCUT2D eigenvalue weighted by Gasteiger charge is 1.90. The van der Waals surface area contributed by atoms with Crippen LogP contribution >= 0.6 is 0 Å². The maximum absolute atomic E-state index is 8.56. The monoisotopic (exact) mass is 194 g/mol. The van der Waals surface area contributed by atoms with Gasteiger partial charge in [-0.15, -0.1) is 0 Å². The van der Waals surface area contributed by atoms with Crippen molar-refractivity contribution in [2.24, 2.45) is 0 Å². The molecule has 0 atom stereocenters. The third-order valence-corrected chi connectivity index (χ3v) is 2.05. The summed E-state index contributed by atoms with van der Waals surface area (Å²) in [4.78, 5) is 7.21. The third kappa shape index (κ3) is 4.82. The molecule has 0 amide bonds. The number of rotatable bonds is 7. The van der Waals surface area contributed by atoms with Gasteiger partial charge in [0.05, 0.1) is 0 Å². The second kappa shape index (κ2) is 7.33. The first-order valence-electron chi connectivity index (χ1n) is 5.17. The molecule has 1 aromatic heterocycles. The van der Waals surface area contributed by atoms with Gasteiger partial charge in [0.2, 0.25) is 0 Å². The van der Waals surface area contributed by atoms with Crippen LogP contribution in [0.2, 0.25) is 0 Å². The largest absolute Gasteiger partial charge is 0.396 e. The molecule has 0 fully saturated rings. The van der Waals surface area contributed by atoms with E-state index in [4.69, 9.17) is 5.11 Å². The van der Waals surface area contributed by atoms with Crippen molar-refractivity contribution in [1.29, 1.82) is 0 Å². The zero-order valence-corrected chi connectivity index (χ0v) is 8.45. The summed E-state index contributed by atoms with van der Waals surface area (Å²) < 4.78 is 0. The summed E-state index contributed by atoms with van der Waals surface area (Å²) in [6, 6.07) is 0. The third-order valence-electron chi connectivity index (χ3n) is 2.05. The Morgan fingerprint density at radius 1 is 1.29 bits per heavy atom. The van der Waals surface area contributed by atoms with Gasteiger partial charge < -0.3 is 10.1 Å². The molecule has 0 aliphatic carbocycles. The number of nitrogens with one attached hydrogen (secondary N) is 1. The highest BCUT2D eigenvalue weighted by molar-refractivity contribution is 4.91. The number of hydrogen-bond acceptors (Lipinski definition) is 2. The lowest BCUT2D eigenvalue weighted by atomic mass is 10.2. The first-order valence-corrected chi connectivity index (χ1v) is 5.17. The van der Waals surface area contributed by atoms with Crippen molar-refractivity contribution in [3.05, 3.63) is 30.4 Å². The smallest absolute Gasteiger partial charge is 0.106 e. The van der Waals surface area contributed by atoms with Gasteiger partial charge in [-0.25, -0.2) is 4.98 Å². The normalized spacial score (nSPS) is 11.2. The second-order valence-corrected chi connectivity index (χ2v) is 3.27. The van der Waals surface area contributed by atoms with Crippen molar-refractivity contribution in [1.82, 2.24) is 9.97 Å². The van der Waals surface area contributed by atoms with Gasteiger partial charge >= 0.3 is 0 Å². The standard InChI is InChI=1S/C11H18N2O/c14-10-6-4-2-1-3-5-7-11-12-8-9-13-11/h1,3,8-9,14H,2,4-7,10H2,(H,12,13)/b3-1+. The summed E-state index contributed by atoms with van der Waals surface area (Å²) in [5.41, 5.74) is 0. The van der Waals surface area contributed by atoms with E-state index >= 15 is 0 Å². The second-order valence-electron chi connectivity index (χ2n) is 3.27. The molecule has 0 radical (unpaired) electrons. The predicted octanol–water partition coefficient (Wildman–Crippen LogP) is 2.06. The van der Waals surface area contributed by atoms with Gasteiger partial charge in [0.15, 0.2) is 0 Å². The van der Waals surface area contributed by atoms with Crippen molar-refractivity contribution < 1.29 is 5.11 Å². The van der Waals surface area contributed by atoms with Gasteiger partial charge in [-0.2, -0.15) is 0 Å². The summed E-state index contributed by atoms with van der Waals surface area (Å²) in [6.07, 6.45) is 13.0. The van der Waals surface area contributed by atoms with Gasteiger partial charge in [-0.1, -0.05) is 12.2 Å². The molecule has 0 saturated carbocycles. The van der Waals surface area contributed by atoms with Crippen LogP contribution in [0.15, 0.2) is 24.5 Å². The number of H-pyrrole nitrogens is 1. The van der Waals surface area contributed by atoms with Crippen LogP contribution in [-0.4, -0.2) is 21.7 Å². The lowest BCUT2D eigenvalue weighted by Crippen LogP contribution is -1.85. The fourth-order valence-corrected chi connectivity index (χ4v) is 1.26. The van der Waals surface area contributed by atoms with E-state index in [-0.39, 0.29) is 0 Å². The number of aliphatic hydroxyl groups is 1. The van der Waals surface area contributed by atoms with E-state index in [1.807, 2.05) is 6.20 Å². The number of hydrogen-bond donors (Lipinski definition) is 2. The van der Waals surface area contributed by atoms with Crippen LogP contribution in [0, 0.1) is 0 Å². The molecule has 14 heavy (non-hydrogen) atoms. The van der Waals surface area contributed by atoms with E-state index in [0.29, 0.717) is 6.61 Å². The van der Waals surface area contributed by atoms with E-state index in [1.165, 1.54) is 0 Å². The molecule has 2 N–H and O–H groups in total. The fraction of sp³-hybridized carbons (Fsp3) is 0.545. The molecular weight excluding hydrogens is 176 g/mol. The lowest BCUT2D eigenvalue weighted by Gasteiger charge is -1.92. The average Bonchev–Trinajstić information content (AvgIpc) is 2.69. The highest BCUT2D eigenvalue weighted by atomic mass is 16.2. The van der Waals surface area contributed by atoms with Crippen molar-refractivity contribution in [2.75, 3.05) is 6.61 Å². The number of unbranched alkanes of at least 4 members (excludes halogenated alkanes) is 2. The number of allylic oxidation sites excluding steroid dienone is 2. The van der Waals surface area contributed by atoms with Gasteiger partial charge in [0.25, 0.3) is 0 Å². The van der Waals surface area contributed by atoms with Crippen molar-refractivity contribution in [2.45, 2.75) is 32.1 Å². The Kier molecular flexibility index (Phi) is 5.75.